The van der Waals surface area contributed by atoms with Crippen LogP contribution in [0, 0.1) is 6.92 Å². The number of nitrogens with one attached hydrogen (secondary N) is 1. The average Bonchev–Trinajstić information content (AvgIpc) is 3.17. The molecule has 1 heterocycles. The number of methoxy groups -OCH3 is 1. The van der Waals surface area contributed by atoms with E-state index in [2.05, 4.69) is 15.4 Å². The van der Waals surface area contributed by atoms with Crippen LogP contribution in [0.3, 0.4) is 0 Å². The van der Waals surface area contributed by atoms with E-state index >= 15 is 0 Å². The first-order valence-electron chi connectivity index (χ1n) is 8.57. The molecule has 0 saturated carbocycles. The molecule has 140 valence electrons. The predicted octanol–water partition coefficient (Wildman–Crippen LogP) is 3.54. The van der Waals surface area contributed by atoms with Gasteiger partial charge in [0.15, 0.2) is 17.2 Å². The maximum absolute atomic E-state index is 12.2. The molecule has 0 aliphatic heterocycles. The summed E-state index contributed by atoms with van der Waals surface area (Å²) >= 11 is 0. The lowest BCUT2D eigenvalue weighted by molar-refractivity contribution is 0.0520. The van der Waals surface area contributed by atoms with Crippen LogP contribution < -0.4 is 9.47 Å². The first-order chi connectivity index (χ1) is 13.1. The minimum atomic E-state index is -0.548. The van der Waals surface area contributed by atoms with E-state index in [-0.39, 0.29) is 12.3 Å². The zero-order valence-electron chi connectivity index (χ0n) is 15.5. The van der Waals surface area contributed by atoms with Gasteiger partial charge in [-0.2, -0.15) is 10.3 Å². The van der Waals surface area contributed by atoms with E-state index in [1.54, 1.807) is 32.2 Å². The highest BCUT2D eigenvalue weighted by molar-refractivity contribution is 5.95. The van der Waals surface area contributed by atoms with Gasteiger partial charge in [0, 0.05) is 0 Å². The second-order valence-electron chi connectivity index (χ2n) is 5.85. The molecule has 0 spiro atoms. The molecule has 1 N–H and O–H groups in total. The number of H-pyrrole nitrogens is 1. The molecule has 3 aromatic rings. The van der Waals surface area contributed by atoms with Crippen LogP contribution in [0.15, 0.2) is 42.5 Å². The number of aromatic nitrogens is 3. The molecule has 2 aromatic carbocycles. The first-order valence-corrected chi connectivity index (χ1v) is 8.57. The topological polar surface area (TPSA) is 86.3 Å². The summed E-state index contributed by atoms with van der Waals surface area (Å²) in [6, 6.07) is 13.5. The highest BCUT2D eigenvalue weighted by atomic mass is 16.5. The van der Waals surface area contributed by atoms with Gasteiger partial charge in [-0.15, -0.1) is 5.10 Å². The third-order valence-electron chi connectivity index (χ3n) is 3.97. The third kappa shape index (κ3) is 4.08. The highest BCUT2D eigenvalue weighted by Gasteiger charge is 2.23. The van der Waals surface area contributed by atoms with Crippen molar-refractivity contribution in [2.24, 2.45) is 0 Å². The van der Waals surface area contributed by atoms with Crippen molar-refractivity contribution in [3.8, 4) is 22.8 Å². The Kier molecular flexibility index (Phi) is 5.71. The van der Waals surface area contributed by atoms with E-state index in [1.165, 1.54) is 5.56 Å². The Morgan fingerprint density at radius 2 is 1.89 bits per heavy atom. The molecule has 0 amide bonds. The van der Waals surface area contributed by atoms with Crippen LogP contribution in [0.5, 0.6) is 11.5 Å². The number of benzene rings is 2. The smallest absolute Gasteiger partial charge is 0.361 e. The fourth-order valence-electron chi connectivity index (χ4n) is 2.61. The summed E-state index contributed by atoms with van der Waals surface area (Å²) in [5.74, 6) is 0.478. The molecular weight excluding hydrogens is 346 g/mol. The second kappa shape index (κ2) is 8.35. The molecule has 0 aliphatic carbocycles. The zero-order valence-corrected chi connectivity index (χ0v) is 15.5. The average molecular weight is 367 g/mol. The van der Waals surface area contributed by atoms with E-state index in [1.807, 2.05) is 31.2 Å². The van der Waals surface area contributed by atoms with Gasteiger partial charge in [0.1, 0.15) is 12.3 Å². The van der Waals surface area contributed by atoms with Crippen LogP contribution >= 0.6 is 0 Å². The van der Waals surface area contributed by atoms with E-state index in [9.17, 15) is 4.79 Å². The number of rotatable bonds is 7. The largest absolute Gasteiger partial charge is 0.493 e. The number of ether oxygens (including phenoxy) is 3. The molecule has 0 aliphatic rings. The number of hydrogen-bond acceptors (Lipinski definition) is 6. The van der Waals surface area contributed by atoms with Crippen LogP contribution in [0.2, 0.25) is 0 Å². The summed E-state index contributed by atoms with van der Waals surface area (Å²) in [6.45, 7) is 4.37. The van der Waals surface area contributed by atoms with E-state index in [0.29, 0.717) is 29.4 Å². The van der Waals surface area contributed by atoms with Crippen molar-refractivity contribution in [2.45, 2.75) is 20.5 Å². The Morgan fingerprint density at radius 1 is 1.11 bits per heavy atom. The van der Waals surface area contributed by atoms with E-state index in [4.69, 9.17) is 14.2 Å². The van der Waals surface area contributed by atoms with Crippen molar-refractivity contribution >= 4 is 5.97 Å². The summed E-state index contributed by atoms with van der Waals surface area (Å²) in [7, 11) is 1.56. The molecule has 0 saturated heterocycles. The Hall–Kier alpha value is -3.35. The van der Waals surface area contributed by atoms with Gasteiger partial charge in [0.2, 0.25) is 0 Å². The summed E-state index contributed by atoms with van der Waals surface area (Å²) < 4.78 is 16.5. The molecule has 0 fully saturated rings. The van der Waals surface area contributed by atoms with Gasteiger partial charge in [-0.1, -0.05) is 35.9 Å². The lowest BCUT2D eigenvalue weighted by Crippen LogP contribution is -2.07. The number of carbonyl (C=O) groups excluding carboxylic acids is 1. The fourth-order valence-corrected chi connectivity index (χ4v) is 2.61. The summed E-state index contributed by atoms with van der Waals surface area (Å²) in [4.78, 5) is 12.2. The van der Waals surface area contributed by atoms with Crippen molar-refractivity contribution in [3.63, 3.8) is 0 Å². The van der Waals surface area contributed by atoms with Gasteiger partial charge >= 0.3 is 5.97 Å². The molecule has 0 radical (unpaired) electrons. The molecule has 0 bridgehead atoms. The normalized spacial score (nSPS) is 10.5. The lowest BCUT2D eigenvalue weighted by atomic mass is 10.1. The second-order valence-corrected chi connectivity index (χ2v) is 5.85. The predicted molar refractivity (Wildman–Crippen MR) is 99.8 cm³/mol. The lowest BCUT2D eigenvalue weighted by Gasteiger charge is -2.14. The maximum Gasteiger partial charge on any atom is 0.361 e. The summed E-state index contributed by atoms with van der Waals surface area (Å²) in [5.41, 5.74) is 3.25. The van der Waals surface area contributed by atoms with Crippen molar-refractivity contribution in [1.29, 1.82) is 0 Å². The van der Waals surface area contributed by atoms with Crippen molar-refractivity contribution < 1.29 is 19.0 Å². The molecule has 0 atom stereocenters. The fraction of sp³-hybridized carbons (Fsp3) is 0.250. The van der Waals surface area contributed by atoms with Crippen LogP contribution in [0.25, 0.3) is 11.3 Å². The SMILES string of the molecule is CCOC(=O)c1n[nH]nc1-c1cccc(OC)c1OCc1ccc(C)cc1. The number of esters is 1. The molecule has 27 heavy (non-hydrogen) atoms. The molecule has 7 heteroatoms. The molecular formula is C20H21N3O4. The molecule has 0 unspecified atom stereocenters. The van der Waals surface area contributed by atoms with Gasteiger partial charge in [0.25, 0.3) is 0 Å². The number of hydrogen-bond donors (Lipinski definition) is 1. The Bertz CT molecular complexity index is 919. The van der Waals surface area contributed by atoms with E-state index < -0.39 is 5.97 Å². The van der Waals surface area contributed by atoms with Crippen LogP contribution in [-0.4, -0.2) is 35.1 Å². The number of nitrogens with zero attached hydrogens (tertiary/aromatic N) is 2. The summed E-state index contributed by atoms with van der Waals surface area (Å²) in [5, 5.41) is 10.5. The first kappa shape index (κ1) is 18.4. The zero-order chi connectivity index (χ0) is 19.2. The van der Waals surface area contributed by atoms with Gasteiger partial charge in [0.05, 0.1) is 19.3 Å². The number of aromatic amines is 1. The minimum absolute atomic E-state index is 0.102. The molecule has 7 nitrogen and oxygen atoms in total. The summed E-state index contributed by atoms with van der Waals surface area (Å²) in [6.07, 6.45) is 0. The van der Waals surface area contributed by atoms with Gasteiger partial charge in [-0.3, -0.25) is 0 Å². The van der Waals surface area contributed by atoms with E-state index in [0.717, 1.165) is 5.56 Å². The van der Waals surface area contributed by atoms with Crippen LogP contribution in [0.4, 0.5) is 0 Å². The standard InChI is InChI=1S/C20H21N3O4/c1-4-26-20(24)18-17(21-23-22-18)15-6-5-7-16(25-3)19(15)27-12-14-10-8-13(2)9-11-14/h5-11H,4,12H2,1-3H3,(H,21,22,23). The van der Waals surface area contributed by atoms with Gasteiger partial charge < -0.3 is 14.2 Å². The van der Waals surface area contributed by atoms with Crippen LogP contribution in [0.1, 0.15) is 28.5 Å². The van der Waals surface area contributed by atoms with Crippen molar-refractivity contribution in [2.75, 3.05) is 13.7 Å². The van der Waals surface area contributed by atoms with Crippen LogP contribution in [-0.2, 0) is 11.3 Å². The van der Waals surface area contributed by atoms with Gasteiger partial charge in [-0.25, -0.2) is 4.79 Å². The minimum Gasteiger partial charge on any atom is -0.493 e. The Labute approximate surface area is 157 Å². The van der Waals surface area contributed by atoms with Gasteiger partial charge in [-0.05, 0) is 31.5 Å². The van der Waals surface area contributed by atoms with Crippen molar-refractivity contribution in [3.05, 3.63) is 59.3 Å². The quantitative estimate of drug-likeness (QED) is 0.643. The third-order valence-corrected chi connectivity index (χ3v) is 3.97. The Morgan fingerprint density at radius 3 is 2.59 bits per heavy atom. The number of carbonyl (C=O) groups is 1. The Balaban J connectivity index is 1.96. The highest BCUT2D eigenvalue weighted by Crippen LogP contribution is 2.38. The number of aryl methyl sites for hydroxylation is 1. The molecule has 1 aromatic heterocycles. The molecule has 3 rings (SSSR count). The number of para-hydroxylation sites is 1. The maximum atomic E-state index is 12.2. The monoisotopic (exact) mass is 367 g/mol. The van der Waals surface area contributed by atoms with Crippen molar-refractivity contribution in [1.82, 2.24) is 15.4 Å².